The minimum absolute atomic E-state index is 0.0905. The molecule has 3 N–H and O–H groups in total. The molecule has 96 valence electrons. The number of hydrogen-bond acceptors (Lipinski definition) is 3. The average Bonchev–Trinajstić information content (AvgIpc) is 2.81. The van der Waals surface area contributed by atoms with Gasteiger partial charge in [0.1, 0.15) is 4.99 Å². The van der Waals surface area contributed by atoms with Crippen LogP contribution in [0.1, 0.15) is 12.0 Å². The lowest BCUT2D eigenvalue weighted by Gasteiger charge is -2.13. The number of carbonyl (C=O) groups is 1. The Bertz CT molecular complexity index is 487. The van der Waals surface area contributed by atoms with Crippen molar-refractivity contribution < 1.29 is 9.53 Å². The lowest BCUT2D eigenvalue weighted by Crippen LogP contribution is -2.24. The van der Waals surface area contributed by atoms with Gasteiger partial charge in [-0.25, -0.2) is 0 Å². The van der Waals surface area contributed by atoms with Crippen LogP contribution in [0.2, 0.25) is 5.02 Å². The van der Waals surface area contributed by atoms with E-state index >= 15 is 0 Å². The molecule has 0 radical (unpaired) electrons. The van der Waals surface area contributed by atoms with Crippen LogP contribution in [0, 0.1) is 5.92 Å². The maximum absolute atomic E-state index is 12.0. The molecule has 1 aromatic rings. The number of rotatable bonds is 3. The maximum atomic E-state index is 12.0. The van der Waals surface area contributed by atoms with Crippen LogP contribution in [0.4, 0.5) is 5.69 Å². The summed E-state index contributed by atoms with van der Waals surface area (Å²) in [5, 5.41) is 3.33. The monoisotopic (exact) mass is 284 g/mol. The van der Waals surface area contributed by atoms with E-state index in [0.29, 0.717) is 29.5 Å². The summed E-state index contributed by atoms with van der Waals surface area (Å²) < 4.78 is 5.18. The molecular formula is C12H13ClN2O2S. The quantitative estimate of drug-likeness (QED) is 0.833. The first-order chi connectivity index (χ1) is 8.58. The zero-order chi connectivity index (χ0) is 13.1. The fourth-order valence-corrected chi connectivity index (χ4v) is 2.16. The molecular weight excluding hydrogens is 272 g/mol. The summed E-state index contributed by atoms with van der Waals surface area (Å²) >= 11 is 10.8. The van der Waals surface area contributed by atoms with E-state index in [0.717, 1.165) is 6.42 Å². The van der Waals surface area contributed by atoms with Crippen molar-refractivity contribution in [1.82, 2.24) is 0 Å². The predicted octanol–water partition coefficient (Wildman–Crippen LogP) is 1.95. The Morgan fingerprint density at radius 1 is 1.56 bits per heavy atom. The number of carbonyl (C=O) groups excluding carboxylic acids is 1. The Balaban J connectivity index is 2.19. The summed E-state index contributed by atoms with van der Waals surface area (Å²) in [5.74, 6) is -0.213. The zero-order valence-electron chi connectivity index (χ0n) is 9.61. The normalized spacial score (nSPS) is 18.6. The molecule has 4 nitrogen and oxygen atoms in total. The van der Waals surface area contributed by atoms with Crippen molar-refractivity contribution in [3.8, 4) is 0 Å². The molecule has 1 amide bonds. The summed E-state index contributed by atoms with van der Waals surface area (Å²) in [6.45, 7) is 1.07. The van der Waals surface area contributed by atoms with Crippen LogP contribution in [0.5, 0.6) is 0 Å². The largest absolute Gasteiger partial charge is 0.389 e. The van der Waals surface area contributed by atoms with Gasteiger partial charge in [0.05, 0.1) is 18.2 Å². The molecule has 0 spiro atoms. The predicted molar refractivity (Wildman–Crippen MR) is 74.9 cm³/mol. The van der Waals surface area contributed by atoms with Crippen LogP contribution in [0.3, 0.4) is 0 Å². The van der Waals surface area contributed by atoms with Crippen LogP contribution in [-0.2, 0) is 9.53 Å². The van der Waals surface area contributed by atoms with E-state index in [1.807, 2.05) is 0 Å². The minimum Gasteiger partial charge on any atom is -0.389 e. The highest BCUT2D eigenvalue weighted by atomic mass is 35.5. The number of nitrogens with one attached hydrogen (secondary N) is 1. The average molecular weight is 285 g/mol. The van der Waals surface area contributed by atoms with Crippen molar-refractivity contribution in [3.05, 3.63) is 28.8 Å². The van der Waals surface area contributed by atoms with Crippen LogP contribution < -0.4 is 11.1 Å². The third kappa shape index (κ3) is 2.98. The van der Waals surface area contributed by atoms with Gasteiger partial charge in [0.15, 0.2) is 0 Å². The van der Waals surface area contributed by atoms with E-state index in [2.05, 4.69) is 5.32 Å². The second-order valence-electron chi connectivity index (χ2n) is 4.10. The lowest BCUT2D eigenvalue weighted by atomic mass is 10.1. The fraction of sp³-hybridized carbons (Fsp3) is 0.333. The van der Waals surface area contributed by atoms with Gasteiger partial charge in [0.2, 0.25) is 5.91 Å². The second-order valence-corrected chi connectivity index (χ2v) is 4.98. The molecule has 1 atom stereocenters. The molecule has 1 aromatic carbocycles. The van der Waals surface area contributed by atoms with Crippen molar-refractivity contribution in [1.29, 1.82) is 0 Å². The van der Waals surface area contributed by atoms with Crippen LogP contribution in [0.15, 0.2) is 18.2 Å². The Morgan fingerprint density at radius 2 is 2.33 bits per heavy atom. The first-order valence-electron chi connectivity index (χ1n) is 5.56. The fourth-order valence-electron chi connectivity index (χ4n) is 1.81. The van der Waals surface area contributed by atoms with Crippen molar-refractivity contribution in [2.24, 2.45) is 11.7 Å². The molecule has 1 aliphatic heterocycles. The summed E-state index contributed by atoms with van der Waals surface area (Å²) in [6.07, 6.45) is 0.731. The lowest BCUT2D eigenvalue weighted by molar-refractivity contribution is -0.119. The maximum Gasteiger partial charge on any atom is 0.229 e. The van der Waals surface area contributed by atoms with Gasteiger partial charge in [-0.2, -0.15) is 0 Å². The zero-order valence-corrected chi connectivity index (χ0v) is 11.2. The highest BCUT2D eigenvalue weighted by molar-refractivity contribution is 7.80. The Labute approximate surface area is 115 Å². The van der Waals surface area contributed by atoms with E-state index in [1.54, 1.807) is 18.2 Å². The summed E-state index contributed by atoms with van der Waals surface area (Å²) in [6, 6.07) is 5.03. The van der Waals surface area contributed by atoms with Crippen LogP contribution in [0.25, 0.3) is 0 Å². The number of amides is 1. The molecule has 0 saturated carbocycles. The number of hydrogen-bond donors (Lipinski definition) is 2. The highest BCUT2D eigenvalue weighted by Gasteiger charge is 2.24. The molecule has 0 aliphatic carbocycles. The van der Waals surface area contributed by atoms with Gasteiger partial charge >= 0.3 is 0 Å². The molecule has 1 aliphatic rings. The van der Waals surface area contributed by atoms with E-state index in [9.17, 15) is 4.79 Å². The summed E-state index contributed by atoms with van der Waals surface area (Å²) in [4.78, 5) is 12.2. The van der Waals surface area contributed by atoms with Gasteiger partial charge in [0.25, 0.3) is 0 Å². The Morgan fingerprint density at radius 3 is 2.94 bits per heavy atom. The van der Waals surface area contributed by atoms with Gasteiger partial charge in [-0.15, -0.1) is 0 Å². The number of halogens is 1. The number of thiocarbonyl (C=S) groups is 1. The number of anilines is 1. The molecule has 1 heterocycles. The van der Waals surface area contributed by atoms with E-state index in [4.69, 9.17) is 34.3 Å². The number of ether oxygens (including phenoxy) is 1. The summed E-state index contributed by atoms with van der Waals surface area (Å²) in [7, 11) is 0. The molecule has 18 heavy (non-hydrogen) atoms. The minimum atomic E-state index is -0.122. The molecule has 1 fully saturated rings. The smallest absolute Gasteiger partial charge is 0.229 e. The van der Waals surface area contributed by atoms with Gasteiger partial charge in [0, 0.05) is 17.2 Å². The molecule has 6 heteroatoms. The highest BCUT2D eigenvalue weighted by Crippen LogP contribution is 2.23. The Hall–Kier alpha value is -1.17. The molecule has 0 bridgehead atoms. The molecule has 0 aromatic heterocycles. The first kappa shape index (κ1) is 13.3. The topological polar surface area (TPSA) is 64.3 Å². The molecule has 1 saturated heterocycles. The van der Waals surface area contributed by atoms with Crippen LogP contribution >= 0.6 is 23.8 Å². The van der Waals surface area contributed by atoms with Crippen molar-refractivity contribution in [2.45, 2.75) is 6.42 Å². The third-order valence-corrected chi connectivity index (χ3v) is 3.26. The third-order valence-electron chi connectivity index (χ3n) is 2.81. The van der Waals surface area contributed by atoms with Gasteiger partial charge in [-0.3, -0.25) is 4.79 Å². The van der Waals surface area contributed by atoms with Gasteiger partial charge in [-0.1, -0.05) is 23.8 Å². The van der Waals surface area contributed by atoms with Crippen molar-refractivity contribution in [3.63, 3.8) is 0 Å². The van der Waals surface area contributed by atoms with Gasteiger partial charge < -0.3 is 15.8 Å². The number of nitrogens with two attached hydrogens (primary N) is 1. The van der Waals surface area contributed by atoms with E-state index < -0.39 is 0 Å². The number of benzene rings is 1. The molecule has 2 rings (SSSR count). The second kappa shape index (κ2) is 5.65. The van der Waals surface area contributed by atoms with E-state index in [1.165, 1.54) is 0 Å². The van der Waals surface area contributed by atoms with Crippen LogP contribution in [-0.4, -0.2) is 24.1 Å². The van der Waals surface area contributed by atoms with Gasteiger partial charge in [-0.05, 0) is 24.6 Å². The standard InChI is InChI=1S/C12H13ClN2O2S/c13-8-1-2-9(11(14)18)10(5-8)15-12(16)7-3-4-17-6-7/h1-2,5,7H,3-4,6H2,(H2,14,18)(H,15,16). The first-order valence-corrected chi connectivity index (χ1v) is 6.34. The van der Waals surface area contributed by atoms with Crippen molar-refractivity contribution >= 4 is 40.4 Å². The SMILES string of the molecule is NC(=S)c1ccc(Cl)cc1NC(=O)C1CCOC1. The van der Waals surface area contributed by atoms with Crippen molar-refractivity contribution in [2.75, 3.05) is 18.5 Å². The molecule has 1 unspecified atom stereocenters. The Kier molecular flexibility index (Phi) is 4.16. The van der Waals surface area contributed by atoms with E-state index in [-0.39, 0.29) is 16.8 Å². The summed E-state index contributed by atoms with van der Waals surface area (Å²) in [5.41, 5.74) is 6.77.